The van der Waals surface area contributed by atoms with Crippen LogP contribution in [0.15, 0.2) is 0 Å². The molecule has 0 saturated heterocycles. The van der Waals surface area contributed by atoms with E-state index in [0.29, 0.717) is 0 Å². The van der Waals surface area contributed by atoms with Crippen molar-refractivity contribution in [2.24, 2.45) is 5.50 Å². The summed E-state index contributed by atoms with van der Waals surface area (Å²) in [5.41, 5.74) is 7.43. The van der Waals surface area contributed by atoms with Crippen LogP contribution in [0.25, 0.3) is 0 Å². The zero-order valence-electron chi connectivity index (χ0n) is 14.5. The first-order valence-electron chi connectivity index (χ1n) is 7.02. The third kappa shape index (κ3) is 4.12. The second-order valence-electron chi connectivity index (χ2n) is 8.22. The molecule has 0 saturated carbocycles. The number of nitrogens with two attached hydrogens (primary N) is 1. The van der Waals surface area contributed by atoms with Crippen LogP contribution in [0, 0.1) is 0 Å². The Hall–Kier alpha value is 1.70. The second-order valence-corrected chi connectivity index (χ2v) is 50.7. The third-order valence-electron chi connectivity index (χ3n) is 3.46. The van der Waals surface area contributed by atoms with Crippen LogP contribution >= 0.6 is 27.2 Å². The molecule has 0 fully saturated rings. The van der Waals surface area contributed by atoms with E-state index in [1.54, 1.807) is 0 Å². The summed E-state index contributed by atoms with van der Waals surface area (Å²) in [6.45, 7) is 24.3. The van der Waals surface area contributed by atoms with Gasteiger partial charge < -0.3 is 0 Å². The predicted molar refractivity (Wildman–Crippen MR) is 110 cm³/mol. The van der Waals surface area contributed by atoms with Gasteiger partial charge in [-0.25, -0.2) is 0 Å². The molecule has 0 unspecified atom stereocenters. The van der Waals surface area contributed by atoms with Gasteiger partial charge in [0.05, 0.1) is 0 Å². The monoisotopic (exact) mass is 374 g/mol. The van der Waals surface area contributed by atoms with Gasteiger partial charge in [0, 0.05) is 0 Å². The molecule has 0 aliphatic heterocycles. The summed E-state index contributed by atoms with van der Waals surface area (Å²) in [6.07, 6.45) is 0. The second kappa shape index (κ2) is 6.07. The van der Waals surface area contributed by atoms with Gasteiger partial charge in [0.2, 0.25) is 0 Å². The molecular formula is C11H35N2PS2Si3. The average Bonchev–Trinajstić information content (AvgIpc) is 2.10. The zero-order valence-corrected chi connectivity index (χ0v) is 20.1. The van der Waals surface area contributed by atoms with Crippen molar-refractivity contribution in [1.29, 1.82) is 0 Å². The first-order chi connectivity index (χ1) is 8.09. The van der Waals surface area contributed by atoms with Crippen molar-refractivity contribution >= 4 is 50.9 Å². The molecule has 3 N–H and O–H groups in total. The Morgan fingerprint density at radius 3 is 1.47 bits per heavy atom. The Balaban J connectivity index is 5.82. The van der Waals surface area contributed by atoms with E-state index in [0.717, 1.165) is 5.75 Å². The van der Waals surface area contributed by atoms with Crippen molar-refractivity contribution in [3.05, 3.63) is 0 Å². The van der Waals surface area contributed by atoms with E-state index in [4.69, 9.17) is 5.50 Å². The molecule has 0 rings (SSSR count). The Morgan fingerprint density at radius 2 is 1.26 bits per heavy atom. The summed E-state index contributed by atoms with van der Waals surface area (Å²) in [5, 5.41) is 0. The van der Waals surface area contributed by atoms with Gasteiger partial charge in [-0.1, -0.05) is 0 Å². The van der Waals surface area contributed by atoms with Crippen LogP contribution in [0.4, 0.5) is 0 Å². The number of hydrogen-bond donors (Lipinski definition) is 2. The van der Waals surface area contributed by atoms with Gasteiger partial charge in [-0.2, -0.15) is 0 Å². The normalized spacial score (nSPS) is 17.1. The summed E-state index contributed by atoms with van der Waals surface area (Å²) in [7, 11) is -4.23. The van der Waals surface area contributed by atoms with Crippen molar-refractivity contribution in [3.63, 3.8) is 0 Å². The van der Waals surface area contributed by atoms with Crippen molar-refractivity contribution in [2.75, 3.05) is 5.75 Å². The summed E-state index contributed by atoms with van der Waals surface area (Å²) in [6, 6.07) is 0. The maximum atomic E-state index is 7.43. The Kier molecular flexibility index (Phi) is 6.61. The first-order valence-corrected chi connectivity index (χ1v) is 24.5. The quantitative estimate of drug-likeness (QED) is 0.338. The number of rotatable bonds is 7. The average molecular weight is 375 g/mol. The van der Waals surface area contributed by atoms with Gasteiger partial charge >= 0.3 is 132 Å². The van der Waals surface area contributed by atoms with Crippen LogP contribution in [0.1, 0.15) is 6.92 Å². The number of hydrogen-bond acceptors (Lipinski definition) is 4. The van der Waals surface area contributed by atoms with Gasteiger partial charge in [-0.05, 0) is 0 Å². The summed E-state index contributed by atoms with van der Waals surface area (Å²) in [5.74, 6) is 1.14. The van der Waals surface area contributed by atoms with E-state index in [1.165, 1.54) is 0 Å². The summed E-state index contributed by atoms with van der Waals surface area (Å²) < 4.78 is 1.57. The van der Waals surface area contributed by atoms with Crippen molar-refractivity contribution in [3.8, 4) is 0 Å². The van der Waals surface area contributed by atoms with Crippen molar-refractivity contribution in [2.45, 2.75) is 65.8 Å². The first kappa shape index (κ1) is 20.7. The van der Waals surface area contributed by atoms with Gasteiger partial charge in [0.1, 0.15) is 0 Å². The molecule has 0 amide bonds. The van der Waals surface area contributed by atoms with Gasteiger partial charge in [0.25, 0.3) is 0 Å². The Labute approximate surface area is 132 Å². The van der Waals surface area contributed by atoms with Crippen LogP contribution in [-0.4, -0.2) is 29.5 Å². The van der Waals surface area contributed by atoms with Crippen LogP contribution in [-0.2, 0) is 0 Å². The van der Waals surface area contributed by atoms with Crippen LogP contribution in [0.3, 0.4) is 0 Å². The van der Waals surface area contributed by atoms with E-state index < -0.39 is 28.0 Å². The molecule has 0 radical (unpaired) electrons. The minimum atomic E-state index is -2.27. The fourth-order valence-corrected chi connectivity index (χ4v) is 60.9. The predicted octanol–water partition coefficient (Wildman–Crippen LogP) is 5.74. The third-order valence-corrected chi connectivity index (χ3v) is 69.3. The molecule has 0 heterocycles. The van der Waals surface area contributed by atoms with Crippen molar-refractivity contribution < 1.29 is 0 Å². The SMILES string of the molecule is CCSP(N)(SN[Si](C)(C)C)([Si](C)(C)C)[Si](C)(C)C. The molecule has 0 bridgehead atoms. The molecule has 0 aliphatic rings. The maximum absolute atomic E-state index is 7.43. The standard InChI is InChI=1S/C11H35N2PS2Si3/c1-11-15-14(12,18(5,6)7,19(8,9)10)16-13-17(2,3)4/h13H,11-12H2,1-10H3. The van der Waals surface area contributed by atoms with Crippen LogP contribution in [0.5, 0.6) is 0 Å². The van der Waals surface area contributed by atoms with Gasteiger partial charge in [-0.15, -0.1) is 0 Å². The van der Waals surface area contributed by atoms with Gasteiger partial charge in [-0.3, -0.25) is 0 Å². The molecular weight excluding hydrogens is 340 g/mol. The molecule has 0 aromatic rings. The van der Waals surface area contributed by atoms with Crippen molar-refractivity contribution in [1.82, 2.24) is 4.39 Å². The van der Waals surface area contributed by atoms with Gasteiger partial charge in [0.15, 0.2) is 0 Å². The Morgan fingerprint density at radius 1 is 0.895 bits per heavy atom. The fraction of sp³-hybridized carbons (Fsp3) is 1.00. The van der Waals surface area contributed by atoms with E-state index >= 15 is 0 Å². The fourth-order valence-electron chi connectivity index (χ4n) is 2.18. The molecule has 118 valence electrons. The minimum absolute atomic E-state index is 1.14. The molecule has 0 aromatic heterocycles. The molecule has 0 aromatic carbocycles. The molecule has 0 spiro atoms. The van der Waals surface area contributed by atoms with E-state index in [2.05, 4.69) is 81.6 Å². The van der Waals surface area contributed by atoms with Crippen LogP contribution < -0.4 is 9.89 Å². The van der Waals surface area contributed by atoms with E-state index in [9.17, 15) is 0 Å². The summed E-state index contributed by atoms with van der Waals surface area (Å²) in [4.78, 5) is 0. The zero-order chi connectivity index (χ0) is 15.8. The van der Waals surface area contributed by atoms with Crippen LogP contribution in [0.2, 0.25) is 58.9 Å². The molecule has 8 heteroatoms. The Bertz CT molecular complexity index is 307. The molecule has 2 nitrogen and oxygen atoms in total. The van der Waals surface area contributed by atoms with E-state index in [1.807, 2.05) is 11.6 Å². The van der Waals surface area contributed by atoms with E-state index in [-0.39, 0.29) is 0 Å². The summed E-state index contributed by atoms with van der Waals surface area (Å²) >= 11 is 4.16. The molecule has 19 heavy (non-hydrogen) atoms. The molecule has 0 aliphatic carbocycles. The molecule has 0 atom stereocenters. The topological polar surface area (TPSA) is 38.0 Å². The number of nitrogens with one attached hydrogen (secondary N) is 1.